The average molecular weight is 305 g/mol. The van der Waals surface area contributed by atoms with E-state index < -0.39 is 16.9 Å². The first-order valence-electron chi connectivity index (χ1n) is 7.87. The van der Waals surface area contributed by atoms with Gasteiger partial charge in [0, 0.05) is 35.4 Å². The van der Waals surface area contributed by atoms with Crippen LogP contribution in [-0.2, 0) is 15.5 Å². The molecule has 5 heteroatoms. The van der Waals surface area contributed by atoms with E-state index >= 15 is 0 Å². The number of aliphatic hydroxyl groups is 1. The molecule has 1 aliphatic rings. The van der Waals surface area contributed by atoms with E-state index in [0.717, 1.165) is 6.42 Å². The molecule has 0 aliphatic heterocycles. The van der Waals surface area contributed by atoms with Gasteiger partial charge in [0.05, 0.1) is 18.8 Å². The second kappa shape index (κ2) is 9.87. The van der Waals surface area contributed by atoms with Crippen LogP contribution in [0.25, 0.3) is 0 Å². The fourth-order valence-electron chi connectivity index (χ4n) is 2.72. The maximum atomic E-state index is 11.2. The van der Waals surface area contributed by atoms with E-state index in [1.54, 1.807) is 6.26 Å². The highest BCUT2D eigenvalue weighted by Gasteiger charge is 2.24. The lowest BCUT2D eigenvalue weighted by Crippen LogP contribution is -2.37. The molecule has 0 heterocycles. The van der Waals surface area contributed by atoms with Crippen molar-refractivity contribution in [3.8, 4) is 0 Å². The summed E-state index contributed by atoms with van der Waals surface area (Å²) in [5.41, 5.74) is 0. The van der Waals surface area contributed by atoms with Crippen molar-refractivity contribution in [3.05, 3.63) is 0 Å². The van der Waals surface area contributed by atoms with Gasteiger partial charge in [-0.1, -0.05) is 26.2 Å². The Bertz CT molecular complexity index is 288. The van der Waals surface area contributed by atoms with E-state index in [9.17, 15) is 9.32 Å². The fraction of sp³-hybridized carbons (Fsp3) is 1.00. The molecule has 5 unspecified atom stereocenters. The highest BCUT2D eigenvalue weighted by atomic mass is 32.2. The zero-order valence-electron chi connectivity index (χ0n) is 13.1. The standard InChI is InChI=1S/C15H31NO3S/c1-4-13-7-5-6-8-15(13)19-11-14(17)10-16-9-12(2)20(3)18/h12-17H,4-11H2,1-3H3. The zero-order valence-corrected chi connectivity index (χ0v) is 14.0. The van der Waals surface area contributed by atoms with Crippen molar-refractivity contribution in [1.29, 1.82) is 0 Å². The predicted molar refractivity (Wildman–Crippen MR) is 84.4 cm³/mol. The quantitative estimate of drug-likeness (QED) is 0.680. The molecule has 5 atom stereocenters. The summed E-state index contributed by atoms with van der Waals surface area (Å²) < 4.78 is 17.1. The third-order valence-electron chi connectivity index (χ3n) is 4.24. The molecule has 0 aromatic heterocycles. The molecule has 1 saturated carbocycles. The largest absolute Gasteiger partial charge is 0.389 e. The first kappa shape index (κ1) is 18.1. The summed E-state index contributed by atoms with van der Waals surface area (Å²) >= 11 is 0. The molecule has 2 N–H and O–H groups in total. The molecule has 0 radical (unpaired) electrons. The van der Waals surface area contributed by atoms with Gasteiger partial charge in [-0.3, -0.25) is 4.21 Å². The molecule has 1 fully saturated rings. The third kappa shape index (κ3) is 6.66. The summed E-state index contributed by atoms with van der Waals surface area (Å²) in [5.74, 6) is 0.659. The second-order valence-electron chi connectivity index (χ2n) is 5.95. The van der Waals surface area contributed by atoms with Gasteiger partial charge in [-0.2, -0.15) is 0 Å². The number of rotatable bonds is 9. The molecular weight excluding hydrogens is 274 g/mol. The molecule has 120 valence electrons. The molecule has 1 rings (SSSR count). The van der Waals surface area contributed by atoms with Crippen LogP contribution in [0.5, 0.6) is 0 Å². The molecule has 0 aromatic carbocycles. The van der Waals surface area contributed by atoms with Crippen molar-refractivity contribution in [1.82, 2.24) is 5.32 Å². The Morgan fingerprint density at radius 3 is 2.70 bits per heavy atom. The van der Waals surface area contributed by atoms with Crippen LogP contribution >= 0.6 is 0 Å². The Morgan fingerprint density at radius 1 is 1.35 bits per heavy atom. The monoisotopic (exact) mass is 305 g/mol. The second-order valence-corrected chi connectivity index (χ2v) is 7.75. The van der Waals surface area contributed by atoms with Crippen molar-refractivity contribution in [2.24, 2.45) is 5.92 Å². The van der Waals surface area contributed by atoms with Crippen LogP contribution in [-0.4, -0.2) is 52.7 Å². The van der Waals surface area contributed by atoms with E-state index in [1.807, 2.05) is 6.92 Å². The summed E-state index contributed by atoms with van der Waals surface area (Å²) in [6.07, 6.45) is 7.67. The Kier molecular flexibility index (Phi) is 8.93. The number of nitrogens with one attached hydrogen (secondary N) is 1. The molecule has 0 spiro atoms. The maximum Gasteiger partial charge on any atom is 0.0897 e. The van der Waals surface area contributed by atoms with Gasteiger partial charge in [-0.05, 0) is 25.7 Å². The van der Waals surface area contributed by atoms with Gasteiger partial charge in [-0.25, -0.2) is 0 Å². The number of hydrogen-bond acceptors (Lipinski definition) is 4. The normalized spacial score (nSPS) is 28.0. The van der Waals surface area contributed by atoms with E-state index in [2.05, 4.69) is 12.2 Å². The van der Waals surface area contributed by atoms with Gasteiger partial charge in [-0.15, -0.1) is 0 Å². The first-order valence-corrected chi connectivity index (χ1v) is 9.49. The predicted octanol–water partition coefficient (Wildman–Crippen LogP) is 1.69. The van der Waals surface area contributed by atoms with Crippen LogP contribution in [0.3, 0.4) is 0 Å². The molecule has 20 heavy (non-hydrogen) atoms. The minimum absolute atomic E-state index is 0.117. The third-order valence-corrected chi connectivity index (χ3v) is 5.54. The summed E-state index contributed by atoms with van der Waals surface area (Å²) in [7, 11) is -0.814. The van der Waals surface area contributed by atoms with E-state index in [-0.39, 0.29) is 5.25 Å². The zero-order chi connectivity index (χ0) is 15.0. The van der Waals surface area contributed by atoms with Crippen molar-refractivity contribution in [3.63, 3.8) is 0 Å². The highest BCUT2D eigenvalue weighted by Crippen LogP contribution is 2.29. The van der Waals surface area contributed by atoms with Crippen molar-refractivity contribution < 1.29 is 14.1 Å². The minimum atomic E-state index is -0.814. The first-order chi connectivity index (χ1) is 9.54. The Balaban J connectivity index is 2.15. The van der Waals surface area contributed by atoms with Crippen molar-refractivity contribution in [2.45, 2.75) is 63.4 Å². The van der Waals surface area contributed by atoms with Crippen molar-refractivity contribution >= 4 is 10.8 Å². The van der Waals surface area contributed by atoms with E-state index in [1.165, 1.54) is 25.7 Å². The highest BCUT2D eigenvalue weighted by molar-refractivity contribution is 7.84. The Hall–Kier alpha value is 0.0300. The lowest BCUT2D eigenvalue weighted by molar-refractivity contribution is -0.0498. The molecule has 0 saturated heterocycles. The van der Waals surface area contributed by atoms with Gasteiger partial charge < -0.3 is 15.2 Å². The van der Waals surface area contributed by atoms with E-state index in [4.69, 9.17) is 4.74 Å². The van der Waals surface area contributed by atoms with Crippen LogP contribution in [0.2, 0.25) is 0 Å². The molecule has 4 nitrogen and oxygen atoms in total. The Labute approximate surface area is 126 Å². The van der Waals surface area contributed by atoms with E-state index in [0.29, 0.717) is 31.7 Å². The topological polar surface area (TPSA) is 58.6 Å². The molecule has 1 aliphatic carbocycles. The van der Waals surface area contributed by atoms with Crippen LogP contribution in [0.4, 0.5) is 0 Å². The number of hydrogen-bond donors (Lipinski definition) is 2. The van der Waals surface area contributed by atoms with Gasteiger partial charge in [0.25, 0.3) is 0 Å². The van der Waals surface area contributed by atoms with Gasteiger partial charge in [0.2, 0.25) is 0 Å². The lowest BCUT2D eigenvalue weighted by Gasteiger charge is -2.31. The average Bonchev–Trinajstić information content (AvgIpc) is 2.45. The maximum absolute atomic E-state index is 11.2. The van der Waals surface area contributed by atoms with Crippen LogP contribution in [0.15, 0.2) is 0 Å². The molecular formula is C15H31NO3S. The van der Waals surface area contributed by atoms with Crippen molar-refractivity contribution in [2.75, 3.05) is 26.0 Å². The Morgan fingerprint density at radius 2 is 2.05 bits per heavy atom. The summed E-state index contributed by atoms with van der Waals surface area (Å²) in [5, 5.41) is 13.2. The SMILES string of the molecule is CCC1CCCCC1OCC(O)CNCC(C)S(C)=O. The molecule has 0 aromatic rings. The van der Waals surface area contributed by atoms with Crippen LogP contribution in [0, 0.1) is 5.92 Å². The molecule has 0 amide bonds. The smallest absolute Gasteiger partial charge is 0.0897 e. The summed E-state index contributed by atoms with van der Waals surface area (Å²) in [6.45, 7) is 5.74. The van der Waals surface area contributed by atoms with Crippen LogP contribution < -0.4 is 5.32 Å². The molecule has 0 bridgehead atoms. The fourth-order valence-corrected chi connectivity index (χ4v) is 3.08. The number of ether oxygens (including phenoxy) is 1. The van der Waals surface area contributed by atoms with Gasteiger partial charge in [0.1, 0.15) is 0 Å². The summed E-state index contributed by atoms with van der Waals surface area (Å²) in [6, 6.07) is 0. The minimum Gasteiger partial charge on any atom is -0.389 e. The lowest BCUT2D eigenvalue weighted by atomic mass is 9.85. The van der Waals surface area contributed by atoms with Gasteiger partial charge in [0.15, 0.2) is 0 Å². The van der Waals surface area contributed by atoms with Crippen LogP contribution in [0.1, 0.15) is 46.0 Å². The number of aliphatic hydroxyl groups excluding tert-OH is 1. The van der Waals surface area contributed by atoms with Gasteiger partial charge >= 0.3 is 0 Å². The summed E-state index contributed by atoms with van der Waals surface area (Å²) in [4.78, 5) is 0.